The Kier molecular flexibility index (Phi) is 2.62. The van der Waals surface area contributed by atoms with Crippen LogP contribution in [-0.4, -0.2) is 0 Å². The molecule has 2 rings (SSSR count). The predicted molar refractivity (Wildman–Crippen MR) is 67.1 cm³/mol. The van der Waals surface area contributed by atoms with E-state index < -0.39 is 0 Å². The van der Waals surface area contributed by atoms with Gasteiger partial charge in [-0.3, -0.25) is 0 Å². The summed E-state index contributed by atoms with van der Waals surface area (Å²) in [6, 6.07) is 4.67. The average Bonchev–Trinajstić information content (AvgIpc) is 2.41. The summed E-state index contributed by atoms with van der Waals surface area (Å²) in [6.07, 6.45) is 2.27. The molecule has 0 radical (unpaired) electrons. The minimum atomic E-state index is 0.279. The fourth-order valence-electron chi connectivity index (χ4n) is 1.68. The van der Waals surface area contributed by atoms with Gasteiger partial charge in [-0.25, -0.2) is 0 Å². The van der Waals surface area contributed by atoms with Crippen molar-refractivity contribution in [2.75, 3.05) is 0 Å². The van der Waals surface area contributed by atoms with Gasteiger partial charge in [0.1, 0.15) is 0 Å². The Morgan fingerprint density at radius 2 is 2.08 bits per heavy atom. The van der Waals surface area contributed by atoms with Gasteiger partial charge in [0, 0.05) is 13.2 Å². The quantitative estimate of drug-likeness (QED) is 0.684. The summed E-state index contributed by atoms with van der Waals surface area (Å²) in [6.45, 7) is 0. The molecular formula is C9H9I2N. The molecule has 0 heterocycles. The van der Waals surface area contributed by atoms with Crippen LogP contribution in [0.4, 0.5) is 0 Å². The van der Waals surface area contributed by atoms with Gasteiger partial charge in [0.05, 0.1) is 0 Å². The van der Waals surface area contributed by atoms with E-state index in [2.05, 4.69) is 57.3 Å². The molecule has 1 aromatic carbocycles. The molecular weight excluding hydrogens is 376 g/mol. The third-order valence-corrected chi connectivity index (χ3v) is 5.41. The normalized spacial score (nSPS) is 21.1. The Bertz CT molecular complexity index is 323. The molecule has 12 heavy (non-hydrogen) atoms. The highest BCUT2D eigenvalue weighted by atomic mass is 127. The van der Waals surface area contributed by atoms with E-state index in [-0.39, 0.29) is 6.04 Å². The fraction of sp³-hybridized carbons (Fsp3) is 0.333. The molecule has 0 bridgehead atoms. The number of aryl methyl sites for hydroxylation is 1. The fourth-order valence-corrected chi connectivity index (χ4v) is 3.08. The lowest BCUT2D eigenvalue weighted by Crippen LogP contribution is -2.07. The summed E-state index contributed by atoms with van der Waals surface area (Å²) in [4.78, 5) is 0. The smallest absolute Gasteiger partial charge is 0.0314 e. The predicted octanol–water partition coefficient (Wildman–Crippen LogP) is 2.84. The van der Waals surface area contributed by atoms with Crippen molar-refractivity contribution in [3.05, 3.63) is 30.4 Å². The van der Waals surface area contributed by atoms with Crippen molar-refractivity contribution in [1.82, 2.24) is 0 Å². The van der Waals surface area contributed by atoms with Crippen molar-refractivity contribution in [3.63, 3.8) is 0 Å². The van der Waals surface area contributed by atoms with Gasteiger partial charge in [-0.05, 0) is 75.2 Å². The number of benzene rings is 1. The summed E-state index contributed by atoms with van der Waals surface area (Å²) in [5.74, 6) is 0. The molecule has 64 valence electrons. The van der Waals surface area contributed by atoms with Crippen molar-refractivity contribution >= 4 is 45.2 Å². The van der Waals surface area contributed by atoms with E-state index in [1.54, 1.807) is 0 Å². The topological polar surface area (TPSA) is 26.0 Å². The Hall–Kier alpha value is 0.640. The van der Waals surface area contributed by atoms with Gasteiger partial charge in [0.2, 0.25) is 0 Å². The van der Waals surface area contributed by atoms with Gasteiger partial charge in [-0.1, -0.05) is 6.07 Å². The zero-order valence-electron chi connectivity index (χ0n) is 6.48. The maximum absolute atomic E-state index is 6.01. The van der Waals surface area contributed by atoms with Crippen LogP contribution in [0.2, 0.25) is 0 Å². The first-order valence-corrected chi connectivity index (χ1v) is 6.08. The second kappa shape index (κ2) is 3.42. The summed E-state index contributed by atoms with van der Waals surface area (Å²) in [5, 5.41) is 0. The van der Waals surface area contributed by atoms with E-state index in [0.717, 1.165) is 12.8 Å². The van der Waals surface area contributed by atoms with Crippen LogP contribution in [0.25, 0.3) is 0 Å². The zero-order valence-corrected chi connectivity index (χ0v) is 10.8. The number of nitrogens with two attached hydrogens (primary N) is 1. The molecule has 0 aromatic heterocycles. The third-order valence-electron chi connectivity index (χ3n) is 2.32. The number of hydrogen-bond acceptors (Lipinski definition) is 1. The highest BCUT2D eigenvalue weighted by Crippen LogP contribution is 2.34. The van der Waals surface area contributed by atoms with Crippen LogP contribution < -0.4 is 5.73 Å². The lowest BCUT2D eigenvalue weighted by Gasteiger charge is -2.08. The second-order valence-corrected chi connectivity index (χ2v) is 5.32. The SMILES string of the molecule is NC1CCc2ccc(I)c(I)c21. The second-order valence-electron chi connectivity index (χ2n) is 3.08. The lowest BCUT2D eigenvalue weighted by molar-refractivity contribution is 0.711. The monoisotopic (exact) mass is 385 g/mol. The standard InChI is InChI=1S/C9H9I2N/c10-6-3-1-5-2-4-7(12)8(5)9(6)11/h1,3,7H,2,4,12H2. The van der Waals surface area contributed by atoms with Gasteiger partial charge in [-0.15, -0.1) is 0 Å². The molecule has 0 spiro atoms. The minimum Gasteiger partial charge on any atom is -0.324 e. The van der Waals surface area contributed by atoms with Gasteiger partial charge in [-0.2, -0.15) is 0 Å². The van der Waals surface area contributed by atoms with Crippen LogP contribution >= 0.6 is 45.2 Å². The molecule has 0 fully saturated rings. The highest BCUT2D eigenvalue weighted by Gasteiger charge is 2.22. The molecule has 1 aliphatic rings. The molecule has 2 N–H and O–H groups in total. The van der Waals surface area contributed by atoms with Crippen LogP contribution in [0, 0.1) is 7.14 Å². The van der Waals surface area contributed by atoms with Crippen LogP contribution in [-0.2, 0) is 6.42 Å². The first kappa shape index (κ1) is 9.21. The van der Waals surface area contributed by atoms with E-state index in [0.29, 0.717) is 0 Å². The summed E-state index contributed by atoms with van der Waals surface area (Å²) >= 11 is 4.76. The van der Waals surface area contributed by atoms with Crippen molar-refractivity contribution < 1.29 is 0 Å². The Morgan fingerprint density at radius 3 is 2.83 bits per heavy atom. The zero-order chi connectivity index (χ0) is 8.72. The largest absolute Gasteiger partial charge is 0.324 e. The molecule has 1 aromatic rings. The first-order chi connectivity index (χ1) is 5.70. The molecule has 1 nitrogen and oxygen atoms in total. The first-order valence-electron chi connectivity index (χ1n) is 3.92. The number of halogens is 2. The highest BCUT2D eigenvalue weighted by molar-refractivity contribution is 14.1. The minimum absolute atomic E-state index is 0.279. The molecule has 3 heteroatoms. The van der Waals surface area contributed by atoms with Crippen LogP contribution in [0.3, 0.4) is 0 Å². The van der Waals surface area contributed by atoms with Crippen molar-refractivity contribution in [1.29, 1.82) is 0 Å². The van der Waals surface area contributed by atoms with E-state index in [4.69, 9.17) is 5.73 Å². The van der Waals surface area contributed by atoms with E-state index in [9.17, 15) is 0 Å². The van der Waals surface area contributed by atoms with Crippen molar-refractivity contribution in [2.24, 2.45) is 5.73 Å². The maximum Gasteiger partial charge on any atom is 0.0314 e. The van der Waals surface area contributed by atoms with E-state index >= 15 is 0 Å². The molecule has 0 saturated carbocycles. The van der Waals surface area contributed by atoms with Gasteiger partial charge in [0.25, 0.3) is 0 Å². The van der Waals surface area contributed by atoms with Gasteiger partial charge in [0.15, 0.2) is 0 Å². The van der Waals surface area contributed by atoms with E-state index in [1.807, 2.05) is 0 Å². The Balaban J connectivity index is 2.63. The molecule has 1 atom stereocenters. The summed E-state index contributed by atoms with van der Waals surface area (Å²) in [7, 11) is 0. The lowest BCUT2D eigenvalue weighted by atomic mass is 10.1. The van der Waals surface area contributed by atoms with Crippen LogP contribution in [0.15, 0.2) is 12.1 Å². The van der Waals surface area contributed by atoms with Crippen molar-refractivity contribution in [3.8, 4) is 0 Å². The molecule has 0 aliphatic heterocycles. The Morgan fingerprint density at radius 1 is 1.33 bits per heavy atom. The maximum atomic E-state index is 6.01. The number of hydrogen-bond donors (Lipinski definition) is 1. The van der Waals surface area contributed by atoms with Crippen LogP contribution in [0.1, 0.15) is 23.6 Å². The van der Waals surface area contributed by atoms with Gasteiger partial charge >= 0.3 is 0 Å². The number of rotatable bonds is 0. The molecule has 0 amide bonds. The molecule has 1 unspecified atom stereocenters. The van der Waals surface area contributed by atoms with E-state index in [1.165, 1.54) is 18.3 Å². The third kappa shape index (κ3) is 1.39. The van der Waals surface area contributed by atoms with Gasteiger partial charge < -0.3 is 5.73 Å². The Labute approximate surface area is 99.4 Å². The summed E-state index contributed by atoms with van der Waals surface area (Å²) in [5.41, 5.74) is 8.85. The average molecular weight is 385 g/mol. The summed E-state index contributed by atoms with van der Waals surface area (Å²) < 4.78 is 2.68. The van der Waals surface area contributed by atoms with Crippen LogP contribution in [0.5, 0.6) is 0 Å². The number of fused-ring (bicyclic) bond motifs is 1. The molecule has 0 saturated heterocycles. The van der Waals surface area contributed by atoms with Crippen molar-refractivity contribution in [2.45, 2.75) is 18.9 Å². The molecule has 1 aliphatic carbocycles.